The Balaban J connectivity index is 1.59. The monoisotopic (exact) mass is 412 g/mol. The molecule has 5 rings (SSSR count). The second-order valence-corrected chi connectivity index (χ2v) is 8.20. The van der Waals surface area contributed by atoms with Crippen LogP contribution in [0.4, 0.5) is 0 Å². The molecule has 1 aliphatic carbocycles. The molecule has 0 saturated heterocycles. The molecular weight excluding hydrogens is 388 g/mol. The molecule has 1 fully saturated rings. The van der Waals surface area contributed by atoms with Gasteiger partial charge in [-0.1, -0.05) is 42.7 Å². The van der Waals surface area contributed by atoms with Crippen LogP contribution in [0.5, 0.6) is 11.5 Å². The van der Waals surface area contributed by atoms with E-state index in [2.05, 4.69) is 4.57 Å². The van der Waals surface area contributed by atoms with Gasteiger partial charge in [-0.2, -0.15) is 0 Å². The van der Waals surface area contributed by atoms with E-state index < -0.39 is 5.97 Å². The Morgan fingerprint density at radius 2 is 1.77 bits per heavy atom. The Kier molecular flexibility index (Phi) is 4.94. The van der Waals surface area contributed by atoms with E-state index in [9.17, 15) is 9.90 Å². The van der Waals surface area contributed by atoms with Gasteiger partial charge >= 0.3 is 5.97 Å². The summed E-state index contributed by atoms with van der Waals surface area (Å²) in [6.45, 7) is 2.05. The second kappa shape index (κ2) is 7.91. The Morgan fingerprint density at radius 1 is 1.00 bits per heavy atom. The standard InChI is InChI=1S/C26H24N2O3/c1-17-9-12-21(13-10-17)31-22-8-4-5-18(15-22)25-27-23-16-19(26(29)30)11-14-24(23)28(25)20-6-2-3-7-20/h4-5,8-16,20H,2-3,6-7H2,1H3,(H,29,30). The summed E-state index contributed by atoms with van der Waals surface area (Å²) in [5.41, 5.74) is 4.10. The van der Waals surface area contributed by atoms with Gasteiger partial charge in [0.15, 0.2) is 0 Å². The van der Waals surface area contributed by atoms with Gasteiger partial charge in [0.2, 0.25) is 0 Å². The van der Waals surface area contributed by atoms with Crippen molar-refractivity contribution in [2.75, 3.05) is 0 Å². The number of hydrogen-bond acceptors (Lipinski definition) is 3. The number of aromatic nitrogens is 2. The first-order chi connectivity index (χ1) is 15.1. The van der Waals surface area contributed by atoms with Crippen LogP contribution in [0.15, 0.2) is 66.7 Å². The number of aryl methyl sites for hydroxylation is 1. The fraction of sp³-hybridized carbons (Fsp3) is 0.231. The maximum absolute atomic E-state index is 11.5. The molecule has 3 aromatic carbocycles. The van der Waals surface area contributed by atoms with Crippen LogP contribution in [0.2, 0.25) is 0 Å². The molecule has 5 heteroatoms. The van der Waals surface area contributed by atoms with E-state index in [0.717, 1.165) is 41.2 Å². The van der Waals surface area contributed by atoms with Crippen molar-refractivity contribution in [3.8, 4) is 22.9 Å². The summed E-state index contributed by atoms with van der Waals surface area (Å²) < 4.78 is 8.36. The molecule has 156 valence electrons. The molecule has 0 amide bonds. The lowest BCUT2D eigenvalue weighted by atomic mass is 10.1. The zero-order chi connectivity index (χ0) is 21.4. The van der Waals surface area contributed by atoms with Crippen LogP contribution in [0.1, 0.15) is 47.6 Å². The van der Waals surface area contributed by atoms with Gasteiger partial charge in [-0.05, 0) is 62.2 Å². The zero-order valence-corrected chi connectivity index (χ0v) is 17.4. The van der Waals surface area contributed by atoms with Crippen LogP contribution < -0.4 is 4.74 Å². The van der Waals surface area contributed by atoms with Crippen molar-refractivity contribution < 1.29 is 14.6 Å². The van der Waals surface area contributed by atoms with Crippen molar-refractivity contribution in [1.29, 1.82) is 0 Å². The quantitative estimate of drug-likeness (QED) is 0.400. The van der Waals surface area contributed by atoms with Crippen LogP contribution in [0, 0.1) is 6.92 Å². The fourth-order valence-corrected chi connectivity index (χ4v) is 4.41. The first-order valence-electron chi connectivity index (χ1n) is 10.7. The predicted molar refractivity (Wildman–Crippen MR) is 121 cm³/mol. The highest BCUT2D eigenvalue weighted by Crippen LogP contribution is 2.38. The molecule has 4 aromatic rings. The van der Waals surface area contributed by atoms with Crippen molar-refractivity contribution >= 4 is 17.0 Å². The number of benzene rings is 3. The Bertz CT molecular complexity index is 1250. The predicted octanol–water partition coefficient (Wildman–Crippen LogP) is 6.62. The first-order valence-corrected chi connectivity index (χ1v) is 10.7. The minimum absolute atomic E-state index is 0.256. The Morgan fingerprint density at radius 3 is 2.52 bits per heavy atom. The van der Waals surface area contributed by atoms with Gasteiger partial charge in [-0.25, -0.2) is 9.78 Å². The van der Waals surface area contributed by atoms with E-state index in [0.29, 0.717) is 11.6 Å². The molecule has 5 nitrogen and oxygen atoms in total. The number of nitrogens with zero attached hydrogens (tertiary/aromatic N) is 2. The van der Waals surface area contributed by atoms with E-state index >= 15 is 0 Å². The summed E-state index contributed by atoms with van der Waals surface area (Å²) >= 11 is 0. The Hall–Kier alpha value is -3.60. The molecule has 0 radical (unpaired) electrons. The van der Waals surface area contributed by atoms with Gasteiger partial charge in [0.25, 0.3) is 0 Å². The molecule has 0 unspecified atom stereocenters. The maximum atomic E-state index is 11.5. The smallest absolute Gasteiger partial charge is 0.335 e. The van der Waals surface area contributed by atoms with Crippen LogP contribution in [0.3, 0.4) is 0 Å². The fourth-order valence-electron chi connectivity index (χ4n) is 4.41. The minimum Gasteiger partial charge on any atom is -0.478 e. The van der Waals surface area contributed by atoms with Crippen LogP contribution in [-0.4, -0.2) is 20.6 Å². The number of ether oxygens (including phenoxy) is 1. The van der Waals surface area contributed by atoms with E-state index in [-0.39, 0.29) is 5.56 Å². The number of aromatic carboxylic acids is 1. The number of carbonyl (C=O) groups is 1. The third kappa shape index (κ3) is 3.79. The third-order valence-corrected chi connectivity index (χ3v) is 5.98. The number of carboxylic acids is 1. The van der Waals surface area contributed by atoms with Gasteiger partial charge in [-0.15, -0.1) is 0 Å². The minimum atomic E-state index is -0.938. The van der Waals surface area contributed by atoms with Crippen LogP contribution in [0.25, 0.3) is 22.4 Å². The van der Waals surface area contributed by atoms with E-state index in [1.165, 1.54) is 18.4 Å². The first kappa shape index (κ1) is 19.4. The van der Waals surface area contributed by atoms with E-state index in [1.54, 1.807) is 12.1 Å². The highest BCUT2D eigenvalue weighted by molar-refractivity contribution is 5.93. The van der Waals surface area contributed by atoms with E-state index in [1.807, 2.05) is 61.5 Å². The van der Waals surface area contributed by atoms with Gasteiger partial charge in [0, 0.05) is 11.6 Å². The topological polar surface area (TPSA) is 64.3 Å². The summed E-state index contributed by atoms with van der Waals surface area (Å²) in [6.07, 6.45) is 4.62. The molecule has 1 heterocycles. The second-order valence-electron chi connectivity index (χ2n) is 8.20. The number of rotatable bonds is 5. The lowest BCUT2D eigenvalue weighted by Crippen LogP contribution is -2.06. The summed E-state index contributed by atoms with van der Waals surface area (Å²) in [7, 11) is 0. The van der Waals surface area contributed by atoms with Crippen molar-refractivity contribution in [1.82, 2.24) is 9.55 Å². The number of hydrogen-bond donors (Lipinski definition) is 1. The molecule has 1 aromatic heterocycles. The summed E-state index contributed by atoms with van der Waals surface area (Å²) in [5, 5.41) is 9.39. The van der Waals surface area contributed by atoms with Gasteiger partial charge < -0.3 is 14.4 Å². The van der Waals surface area contributed by atoms with Gasteiger partial charge in [0.1, 0.15) is 17.3 Å². The van der Waals surface area contributed by atoms with Crippen molar-refractivity contribution in [3.63, 3.8) is 0 Å². The van der Waals surface area contributed by atoms with Gasteiger partial charge in [-0.3, -0.25) is 0 Å². The molecule has 1 aliphatic rings. The van der Waals surface area contributed by atoms with Gasteiger partial charge in [0.05, 0.1) is 16.6 Å². The molecule has 1 N–H and O–H groups in total. The molecule has 31 heavy (non-hydrogen) atoms. The van der Waals surface area contributed by atoms with Crippen molar-refractivity contribution in [2.24, 2.45) is 0 Å². The third-order valence-electron chi connectivity index (χ3n) is 5.98. The Labute approximate surface area is 180 Å². The number of imidazole rings is 1. The van der Waals surface area contributed by atoms with Crippen molar-refractivity contribution in [2.45, 2.75) is 38.6 Å². The van der Waals surface area contributed by atoms with E-state index in [4.69, 9.17) is 9.72 Å². The molecule has 0 atom stereocenters. The average molecular weight is 412 g/mol. The number of fused-ring (bicyclic) bond motifs is 1. The summed E-state index contributed by atoms with van der Waals surface area (Å²) in [4.78, 5) is 16.3. The SMILES string of the molecule is Cc1ccc(Oc2cccc(-c3nc4cc(C(=O)O)ccc4n3C3CCCC3)c2)cc1. The maximum Gasteiger partial charge on any atom is 0.335 e. The average Bonchev–Trinajstić information content (AvgIpc) is 3.42. The van der Waals surface area contributed by atoms with Crippen LogP contribution >= 0.6 is 0 Å². The molecule has 1 saturated carbocycles. The zero-order valence-electron chi connectivity index (χ0n) is 17.4. The summed E-state index contributed by atoms with van der Waals surface area (Å²) in [6, 6.07) is 21.5. The normalized spacial score (nSPS) is 14.2. The summed E-state index contributed by atoms with van der Waals surface area (Å²) in [5.74, 6) is 1.46. The lowest BCUT2D eigenvalue weighted by Gasteiger charge is -2.17. The molecular formula is C26H24N2O3. The molecule has 0 bridgehead atoms. The molecule has 0 spiro atoms. The highest BCUT2D eigenvalue weighted by Gasteiger charge is 2.24. The van der Waals surface area contributed by atoms with Crippen LogP contribution in [-0.2, 0) is 0 Å². The lowest BCUT2D eigenvalue weighted by molar-refractivity contribution is 0.0697. The largest absolute Gasteiger partial charge is 0.478 e. The highest BCUT2D eigenvalue weighted by atomic mass is 16.5. The molecule has 0 aliphatic heterocycles. The number of carboxylic acid groups (broad SMARTS) is 1. The van der Waals surface area contributed by atoms with Crippen molar-refractivity contribution in [3.05, 3.63) is 77.9 Å².